The van der Waals surface area contributed by atoms with Gasteiger partial charge in [0.15, 0.2) is 0 Å². The van der Waals surface area contributed by atoms with E-state index in [1.54, 1.807) is 23.6 Å². The maximum absolute atomic E-state index is 11.9. The number of carbonyl (C=O) groups is 3. The van der Waals surface area contributed by atoms with Gasteiger partial charge in [-0.25, -0.2) is 0 Å². The lowest BCUT2D eigenvalue weighted by molar-refractivity contribution is -0.120. The number of hydrazine groups is 1. The molecule has 0 aliphatic rings. The van der Waals surface area contributed by atoms with Gasteiger partial charge in [0.2, 0.25) is 0 Å². The number of carbonyl (C=O) groups excluding carboxylic acids is 3. The summed E-state index contributed by atoms with van der Waals surface area (Å²) < 4.78 is 0. The molecule has 0 unspecified atom stereocenters. The smallest absolute Gasteiger partial charge is 0.271 e. The van der Waals surface area contributed by atoms with Crippen molar-refractivity contribution >= 4 is 52.3 Å². The van der Waals surface area contributed by atoms with Crippen LogP contribution < -0.4 is 16.2 Å². The van der Waals surface area contributed by atoms with Gasteiger partial charge < -0.3 is 5.32 Å². The summed E-state index contributed by atoms with van der Waals surface area (Å²) >= 11 is 12.9. The molecule has 3 amide bonds. The summed E-state index contributed by atoms with van der Waals surface area (Å²) in [7, 11) is 0. The van der Waals surface area contributed by atoms with E-state index in [1.807, 2.05) is 0 Å². The Kier molecular flexibility index (Phi) is 5.97. The number of rotatable bonds is 4. The van der Waals surface area contributed by atoms with Crippen LogP contribution >= 0.6 is 34.5 Å². The van der Waals surface area contributed by atoms with Gasteiger partial charge in [-0.05, 0) is 29.6 Å². The second-order valence-corrected chi connectivity index (χ2v) is 6.08. The predicted molar refractivity (Wildman–Crippen MR) is 88.7 cm³/mol. The van der Waals surface area contributed by atoms with Crippen molar-refractivity contribution in [2.75, 3.05) is 6.54 Å². The molecule has 0 radical (unpaired) electrons. The van der Waals surface area contributed by atoms with E-state index in [-0.39, 0.29) is 23.0 Å². The maximum Gasteiger partial charge on any atom is 0.271 e. The van der Waals surface area contributed by atoms with Crippen LogP contribution in [0.4, 0.5) is 0 Å². The first-order chi connectivity index (χ1) is 11.0. The van der Waals surface area contributed by atoms with Gasteiger partial charge in [0.05, 0.1) is 22.0 Å². The van der Waals surface area contributed by atoms with Gasteiger partial charge in [-0.1, -0.05) is 29.3 Å². The van der Waals surface area contributed by atoms with Crippen molar-refractivity contribution in [3.05, 3.63) is 56.2 Å². The second kappa shape index (κ2) is 7.96. The molecule has 120 valence electrons. The Morgan fingerprint density at radius 1 is 1.04 bits per heavy atom. The average Bonchev–Trinajstić information content (AvgIpc) is 3.07. The molecule has 0 atom stereocenters. The first-order valence-electron chi connectivity index (χ1n) is 6.33. The molecular weight excluding hydrogens is 361 g/mol. The van der Waals surface area contributed by atoms with Gasteiger partial charge in [0.25, 0.3) is 17.7 Å². The summed E-state index contributed by atoms with van der Waals surface area (Å²) in [5.74, 6) is -1.56. The summed E-state index contributed by atoms with van der Waals surface area (Å²) in [5.41, 5.74) is 4.50. The molecule has 1 heterocycles. The van der Waals surface area contributed by atoms with Crippen LogP contribution in [0.25, 0.3) is 0 Å². The minimum Gasteiger partial charge on any atom is -0.342 e. The fourth-order valence-corrected chi connectivity index (χ4v) is 2.58. The molecule has 23 heavy (non-hydrogen) atoms. The Bertz CT molecular complexity index is 735. The van der Waals surface area contributed by atoms with Gasteiger partial charge in [-0.2, -0.15) is 0 Å². The lowest BCUT2D eigenvalue weighted by atomic mass is 10.2. The topological polar surface area (TPSA) is 87.3 Å². The molecule has 6 nitrogen and oxygen atoms in total. The molecule has 0 aliphatic carbocycles. The van der Waals surface area contributed by atoms with E-state index < -0.39 is 11.8 Å². The van der Waals surface area contributed by atoms with E-state index in [0.717, 1.165) is 0 Å². The van der Waals surface area contributed by atoms with E-state index in [0.29, 0.717) is 9.90 Å². The Labute approximate surface area is 145 Å². The minimum absolute atomic E-state index is 0.127. The van der Waals surface area contributed by atoms with E-state index in [9.17, 15) is 14.4 Å². The van der Waals surface area contributed by atoms with Crippen LogP contribution in [0.3, 0.4) is 0 Å². The number of amides is 3. The lowest BCUT2D eigenvalue weighted by Crippen LogP contribution is -2.46. The van der Waals surface area contributed by atoms with Crippen molar-refractivity contribution in [2.24, 2.45) is 0 Å². The second-order valence-electron chi connectivity index (χ2n) is 4.29. The van der Waals surface area contributed by atoms with Crippen LogP contribution in [0, 0.1) is 0 Å². The molecular formula is C14H11Cl2N3O3S. The zero-order valence-electron chi connectivity index (χ0n) is 11.6. The minimum atomic E-state index is -0.615. The molecule has 0 fully saturated rings. The molecule has 1 aromatic heterocycles. The highest BCUT2D eigenvalue weighted by Crippen LogP contribution is 2.20. The Morgan fingerprint density at radius 3 is 2.52 bits per heavy atom. The van der Waals surface area contributed by atoms with Crippen molar-refractivity contribution in [3.8, 4) is 0 Å². The van der Waals surface area contributed by atoms with Gasteiger partial charge in [-0.3, -0.25) is 25.2 Å². The third-order valence-electron chi connectivity index (χ3n) is 2.64. The van der Waals surface area contributed by atoms with Crippen LogP contribution in [0.2, 0.25) is 10.0 Å². The molecule has 2 rings (SSSR count). The van der Waals surface area contributed by atoms with Crippen molar-refractivity contribution in [2.45, 2.75) is 0 Å². The van der Waals surface area contributed by atoms with Crippen LogP contribution in [-0.4, -0.2) is 24.3 Å². The molecule has 0 aliphatic heterocycles. The standard InChI is InChI=1S/C14H11Cl2N3O3S/c15-8-3-4-10(16)9(6-8)13(21)19-18-12(20)7-17-14(22)11-2-1-5-23-11/h1-6H,7H2,(H,17,22)(H,18,20)(H,19,21). The maximum atomic E-state index is 11.9. The van der Waals surface area contributed by atoms with Crippen LogP contribution in [0.1, 0.15) is 20.0 Å². The lowest BCUT2D eigenvalue weighted by Gasteiger charge is -2.09. The van der Waals surface area contributed by atoms with E-state index >= 15 is 0 Å². The number of nitrogens with one attached hydrogen (secondary N) is 3. The zero-order chi connectivity index (χ0) is 16.8. The average molecular weight is 372 g/mol. The summed E-state index contributed by atoms with van der Waals surface area (Å²) in [6, 6.07) is 7.76. The molecule has 0 saturated heterocycles. The highest BCUT2D eigenvalue weighted by atomic mass is 35.5. The SMILES string of the molecule is O=C(CNC(=O)c1cccs1)NNC(=O)c1cc(Cl)ccc1Cl. The molecule has 0 spiro atoms. The number of thiophene rings is 1. The summed E-state index contributed by atoms with van der Waals surface area (Å²) in [5, 5.41) is 4.73. The predicted octanol–water partition coefficient (Wildman–Crippen LogP) is 2.25. The van der Waals surface area contributed by atoms with Crippen molar-refractivity contribution in [1.29, 1.82) is 0 Å². The van der Waals surface area contributed by atoms with Crippen LogP contribution in [0.15, 0.2) is 35.7 Å². The molecule has 2 aromatic rings. The third kappa shape index (κ3) is 4.95. The van der Waals surface area contributed by atoms with E-state index in [4.69, 9.17) is 23.2 Å². The monoisotopic (exact) mass is 371 g/mol. The van der Waals surface area contributed by atoms with Crippen molar-refractivity contribution in [3.63, 3.8) is 0 Å². The summed E-state index contributed by atoms with van der Waals surface area (Å²) in [6.45, 7) is -0.277. The summed E-state index contributed by atoms with van der Waals surface area (Å²) in [6.07, 6.45) is 0. The molecule has 1 aromatic carbocycles. The van der Waals surface area contributed by atoms with Gasteiger partial charge in [0.1, 0.15) is 0 Å². The van der Waals surface area contributed by atoms with Crippen molar-refractivity contribution < 1.29 is 14.4 Å². The van der Waals surface area contributed by atoms with Crippen molar-refractivity contribution in [1.82, 2.24) is 16.2 Å². The summed E-state index contributed by atoms with van der Waals surface area (Å²) in [4.78, 5) is 35.6. The number of halogens is 2. The van der Waals surface area contributed by atoms with Gasteiger partial charge in [0, 0.05) is 5.02 Å². The molecule has 9 heteroatoms. The largest absolute Gasteiger partial charge is 0.342 e. The van der Waals surface area contributed by atoms with E-state index in [1.165, 1.54) is 23.5 Å². The Morgan fingerprint density at radius 2 is 1.83 bits per heavy atom. The normalized spacial score (nSPS) is 10.0. The Hall–Kier alpha value is -2.09. The fraction of sp³-hybridized carbons (Fsp3) is 0.0714. The van der Waals surface area contributed by atoms with E-state index in [2.05, 4.69) is 16.2 Å². The highest BCUT2D eigenvalue weighted by Gasteiger charge is 2.13. The van der Waals surface area contributed by atoms with Gasteiger partial charge in [-0.15, -0.1) is 11.3 Å². The third-order valence-corrected chi connectivity index (χ3v) is 4.08. The molecule has 0 bridgehead atoms. The van der Waals surface area contributed by atoms with Crippen LogP contribution in [-0.2, 0) is 4.79 Å². The van der Waals surface area contributed by atoms with Crippen LogP contribution in [0.5, 0.6) is 0 Å². The highest BCUT2D eigenvalue weighted by molar-refractivity contribution is 7.12. The number of hydrogen-bond acceptors (Lipinski definition) is 4. The fourth-order valence-electron chi connectivity index (χ4n) is 1.56. The Balaban J connectivity index is 1.81. The first kappa shape index (κ1) is 17.3. The molecule has 0 saturated carbocycles. The molecule has 3 N–H and O–H groups in total. The number of benzene rings is 1. The van der Waals surface area contributed by atoms with Gasteiger partial charge >= 0.3 is 0 Å². The quantitative estimate of drug-likeness (QED) is 0.720. The zero-order valence-corrected chi connectivity index (χ0v) is 13.9. The first-order valence-corrected chi connectivity index (χ1v) is 7.97. The number of hydrogen-bond donors (Lipinski definition) is 3.